The van der Waals surface area contributed by atoms with E-state index in [1.54, 1.807) is 6.92 Å². The Balaban J connectivity index is 3.78. The lowest BCUT2D eigenvalue weighted by Crippen LogP contribution is -2.32. The van der Waals surface area contributed by atoms with Crippen LogP contribution in [0.4, 0.5) is 4.79 Å². The zero-order chi connectivity index (χ0) is 11.0. The van der Waals surface area contributed by atoms with E-state index in [1.807, 2.05) is 29.5 Å². The van der Waals surface area contributed by atoms with Crippen LogP contribution in [0.25, 0.3) is 0 Å². The minimum Gasteiger partial charge on any atom is -0.444 e. The summed E-state index contributed by atoms with van der Waals surface area (Å²) >= 11 is 1.94. The molecule has 0 aromatic rings. The second kappa shape index (κ2) is 7.88. The third-order valence-electron chi connectivity index (χ3n) is 1.64. The third kappa shape index (κ3) is 6.05. The monoisotopic (exact) mass is 311 g/mol. The molecule has 80 valence electrons. The lowest BCUT2D eigenvalue weighted by molar-refractivity contribution is -0.0141. The molecule has 0 bridgehead atoms. The SMILES string of the molecule is CNC(=O)OC(C)C(C)OCC#CI. The lowest BCUT2D eigenvalue weighted by atomic mass is 10.2. The van der Waals surface area contributed by atoms with Crippen LogP contribution in [0.2, 0.25) is 0 Å². The van der Waals surface area contributed by atoms with Crippen LogP contribution in [0.3, 0.4) is 0 Å². The smallest absolute Gasteiger partial charge is 0.407 e. The Labute approximate surface area is 97.9 Å². The number of halogens is 1. The predicted octanol–water partition coefficient (Wildman–Crippen LogP) is 1.53. The molecule has 0 heterocycles. The predicted molar refractivity (Wildman–Crippen MR) is 62.2 cm³/mol. The molecule has 0 rings (SSSR count). The minimum absolute atomic E-state index is 0.162. The van der Waals surface area contributed by atoms with Crippen LogP contribution < -0.4 is 5.32 Å². The second-order valence-corrected chi connectivity index (χ2v) is 3.19. The van der Waals surface area contributed by atoms with Crippen molar-refractivity contribution in [1.82, 2.24) is 5.32 Å². The van der Waals surface area contributed by atoms with Crippen LogP contribution in [-0.2, 0) is 9.47 Å². The van der Waals surface area contributed by atoms with Crippen molar-refractivity contribution in [2.45, 2.75) is 26.1 Å². The van der Waals surface area contributed by atoms with Crippen molar-refractivity contribution in [2.75, 3.05) is 13.7 Å². The Bertz CT molecular complexity index is 234. The Morgan fingerprint density at radius 1 is 1.50 bits per heavy atom. The molecular formula is C9H14INO3. The fourth-order valence-electron chi connectivity index (χ4n) is 0.659. The van der Waals surface area contributed by atoms with E-state index >= 15 is 0 Å². The molecule has 0 aliphatic rings. The van der Waals surface area contributed by atoms with Crippen LogP contribution in [-0.4, -0.2) is 32.0 Å². The Morgan fingerprint density at radius 3 is 2.64 bits per heavy atom. The summed E-state index contributed by atoms with van der Waals surface area (Å²) < 4.78 is 13.0. The van der Waals surface area contributed by atoms with E-state index in [4.69, 9.17) is 9.47 Å². The quantitative estimate of drug-likeness (QED) is 0.633. The maximum Gasteiger partial charge on any atom is 0.407 e. The van der Waals surface area contributed by atoms with Gasteiger partial charge < -0.3 is 14.8 Å². The van der Waals surface area contributed by atoms with Crippen LogP contribution in [0, 0.1) is 9.85 Å². The molecule has 0 aromatic heterocycles. The lowest BCUT2D eigenvalue weighted by Gasteiger charge is -2.19. The van der Waals surface area contributed by atoms with Gasteiger partial charge >= 0.3 is 6.09 Å². The summed E-state index contributed by atoms with van der Waals surface area (Å²) in [5, 5.41) is 2.37. The summed E-state index contributed by atoms with van der Waals surface area (Å²) in [6.07, 6.45) is -0.900. The van der Waals surface area contributed by atoms with Gasteiger partial charge in [-0.3, -0.25) is 0 Å². The average molecular weight is 311 g/mol. The van der Waals surface area contributed by atoms with Gasteiger partial charge in [0.25, 0.3) is 0 Å². The van der Waals surface area contributed by atoms with Crippen molar-refractivity contribution in [3.63, 3.8) is 0 Å². The molecule has 0 saturated heterocycles. The highest BCUT2D eigenvalue weighted by atomic mass is 127. The van der Waals surface area contributed by atoms with E-state index in [2.05, 4.69) is 15.2 Å². The van der Waals surface area contributed by atoms with Gasteiger partial charge in [0.2, 0.25) is 0 Å². The first-order valence-electron chi connectivity index (χ1n) is 4.20. The number of carbonyl (C=O) groups is 1. The minimum atomic E-state index is -0.451. The molecule has 2 atom stereocenters. The summed E-state index contributed by atoms with van der Waals surface area (Å²) in [6, 6.07) is 0. The average Bonchev–Trinajstić information content (AvgIpc) is 2.17. The molecule has 2 unspecified atom stereocenters. The van der Waals surface area contributed by atoms with E-state index in [9.17, 15) is 4.79 Å². The summed E-state index contributed by atoms with van der Waals surface area (Å²) in [7, 11) is 1.52. The maximum atomic E-state index is 10.8. The third-order valence-corrected chi connectivity index (χ3v) is 2.02. The number of rotatable bonds is 4. The van der Waals surface area contributed by atoms with Crippen LogP contribution in [0.5, 0.6) is 0 Å². The van der Waals surface area contributed by atoms with Gasteiger partial charge in [-0.2, -0.15) is 0 Å². The van der Waals surface area contributed by atoms with Gasteiger partial charge in [0.05, 0.1) is 6.10 Å². The summed E-state index contributed by atoms with van der Waals surface area (Å²) in [6.45, 7) is 3.96. The number of alkyl carbamates (subject to hydrolysis) is 1. The molecule has 0 aliphatic carbocycles. The molecule has 0 aliphatic heterocycles. The van der Waals surface area contributed by atoms with Gasteiger partial charge in [-0.05, 0) is 17.8 Å². The van der Waals surface area contributed by atoms with Crippen molar-refractivity contribution in [3.05, 3.63) is 0 Å². The van der Waals surface area contributed by atoms with Crippen LogP contribution >= 0.6 is 22.6 Å². The molecule has 0 radical (unpaired) electrons. The number of ether oxygens (including phenoxy) is 2. The van der Waals surface area contributed by atoms with E-state index < -0.39 is 6.09 Å². The molecule has 0 spiro atoms. The van der Waals surface area contributed by atoms with Gasteiger partial charge in [-0.15, -0.1) is 0 Å². The molecule has 1 N–H and O–H groups in total. The first-order valence-corrected chi connectivity index (χ1v) is 5.28. The first-order chi connectivity index (χ1) is 6.61. The zero-order valence-electron chi connectivity index (χ0n) is 8.46. The fraction of sp³-hybridized carbons (Fsp3) is 0.667. The van der Waals surface area contributed by atoms with E-state index in [0.29, 0.717) is 6.61 Å². The molecule has 0 saturated carbocycles. The van der Waals surface area contributed by atoms with Gasteiger partial charge in [0.1, 0.15) is 12.7 Å². The number of hydrogen-bond acceptors (Lipinski definition) is 3. The Kier molecular flexibility index (Phi) is 7.61. The Morgan fingerprint density at radius 2 is 2.14 bits per heavy atom. The number of hydrogen-bond donors (Lipinski definition) is 1. The van der Waals surface area contributed by atoms with E-state index in [1.165, 1.54) is 7.05 Å². The van der Waals surface area contributed by atoms with Gasteiger partial charge in [0.15, 0.2) is 0 Å². The summed E-state index contributed by atoms with van der Waals surface area (Å²) in [4.78, 5) is 10.8. The highest BCUT2D eigenvalue weighted by Crippen LogP contribution is 2.02. The molecule has 14 heavy (non-hydrogen) atoms. The number of carbonyl (C=O) groups excluding carboxylic acids is 1. The van der Waals surface area contributed by atoms with Crippen molar-refractivity contribution >= 4 is 28.7 Å². The fourth-order valence-corrected chi connectivity index (χ4v) is 0.815. The topological polar surface area (TPSA) is 47.6 Å². The number of nitrogens with one attached hydrogen (secondary N) is 1. The maximum absolute atomic E-state index is 10.8. The standard InChI is InChI=1S/C9H14INO3/c1-7(13-6-4-5-10)8(2)14-9(12)11-3/h7-8H,6H2,1-3H3,(H,11,12). The Hall–Kier alpha value is -0.480. The normalized spacial score (nSPS) is 13.4. The molecule has 4 nitrogen and oxygen atoms in total. The molecule has 5 heteroatoms. The van der Waals surface area contributed by atoms with E-state index in [0.717, 1.165) is 0 Å². The molecule has 1 amide bonds. The second-order valence-electron chi connectivity index (χ2n) is 2.65. The number of amides is 1. The van der Waals surface area contributed by atoms with Crippen molar-refractivity contribution in [2.24, 2.45) is 0 Å². The van der Waals surface area contributed by atoms with Gasteiger partial charge in [-0.1, -0.05) is 5.92 Å². The van der Waals surface area contributed by atoms with Crippen molar-refractivity contribution < 1.29 is 14.3 Å². The van der Waals surface area contributed by atoms with Crippen molar-refractivity contribution in [3.8, 4) is 9.85 Å². The molecule has 0 aromatic carbocycles. The first kappa shape index (κ1) is 13.5. The summed E-state index contributed by atoms with van der Waals surface area (Å²) in [5.74, 6) is 2.76. The highest BCUT2D eigenvalue weighted by Gasteiger charge is 2.15. The highest BCUT2D eigenvalue weighted by molar-refractivity contribution is 14.1. The largest absolute Gasteiger partial charge is 0.444 e. The molecule has 0 fully saturated rings. The zero-order valence-corrected chi connectivity index (χ0v) is 10.6. The van der Waals surface area contributed by atoms with E-state index in [-0.39, 0.29) is 12.2 Å². The summed E-state index contributed by atoms with van der Waals surface area (Å²) in [5.41, 5.74) is 0. The van der Waals surface area contributed by atoms with Gasteiger partial charge in [0, 0.05) is 29.6 Å². The molecular weight excluding hydrogens is 297 g/mol. The van der Waals surface area contributed by atoms with Crippen molar-refractivity contribution in [1.29, 1.82) is 0 Å². The van der Waals surface area contributed by atoms with Crippen LogP contribution in [0.15, 0.2) is 0 Å². The van der Waals surface area contributed by atoms with Crippen LogP contribution in [0.1, 0.15) is 13.8 Å². The van der Waals surface area contributed by atoms with Gasteiger partial charge in [-0.25, -0.2) is 4.79 Å².